The van der Waals surface area contributed by atoms with Gasteiger partial charge in [0.05, 0.1) is 16.7 Å². The van der Waals surface area contributed by atoms with Gasteiger partial charge in [0.1, 0.15) is 0 Å². The number of amides is 1. The van der Waals surface area contributed by atoms with Gasteiger partial charge in [0, 0.05) is 5.69 Å². The Morgan fingerprint density at radius 1 is 1.12 bits per heavy atom. The average molecular weight is 367 g/mol. The largest absolute Gasteiger partial charge is 0.320 e. The summed E-state index contributed by atoms with van der Waals surface area (Å²) in [5.74, 6) is -0.342. The van der Waals surface area contributed by atoms with Crippen LogP contribution in [0.25, 0.3) is 11.1 Å². The summed E-state index contributed by atoms with van der Waals surface area (Å²) in [5, 5.41) is 20.5. The van der Waals surface area contributed by atoms with Gasteiger partial charge in [-0.3, -0.25) is 4.79 Å². The molecule has 0 fully saturated rings. The third-order valence-electron chi connectivity index (χ3n) is 3.16. The van der Waals surface area contributed by atoms with Gasteiger partial charge in [-0.2, -0.15) is 5.26 Å². The van der Waals surface area contributed by atoms with E-state index in [0.717, 1.165) is 16.9 Å². The summed E-state index contributed by atoms with van der Waals surface area (Å²) in [5.41, 5.74) is 1.99. The Balaban J connectivity index is 1.77. The summed E-state index contributed by atoms with van der Waals surface area (Å²) in [4.78, 5) is 12.2. The van der Waals surface area contributed by atoms with Crippen molar-refractivity contribution in [3.63, 3.8) is 0 Å². The van der Waals surface area contributed by atoms with Gasteiger partial charge < -0.3 is 5.32 Å². The van der Waals surface area contributed by atoms with Gasteiger partial charge in [-0.05, 0) is 35.9 Å². The zero-order chi connectivity index (χ0) is 17.6. The first-order valence-corrected chi connectivity index (χ1v) is 8.43. The number of halogens is 1. The van der Waals surface area contributed by atoms with Gasteiger partial charge in [0.15, 0.2) is 5.01 Å². The Morgan fingerprint density at radius 3 is 2.64 bits per heavy atom. The summed E-state index contributed by atoms with van der Waals surface area (Å²) < 4.78 is 0. The second-order valence-corrected chi connectivity index (χ2v) is 6.35. The molecule has 1 aromatic heterocycles. The van der Waals surface area contributed by atoms with Crippen LogP contribution in [-0.2, 0) is 0 Å². The number of nitrogens with one attached hydrogen (secondary N) is 1. The maximum absolute atomic E-state index is 12.2. The van der Waals surface area contributed by atoms with Crippen LogP contribution in [0.15, 0.2) is 54.6 Å². The van der Waals surface area contributed by atoms with Crippen molar-refractivity contribution in [3.05, 3.63) is 75.7 Å². The van der Waals surface area contributed by atoms with E-state index < -0.39 is 0 Å². The summed E-state index contributed by atoms with van der Waals surface area (Å²) in [6.07, 6.45) is 1.68. The van der Waals surface area contributed by atoms with Crippen LogP contribution >= 0.6 is 22.9 Å². The highest BCUT2D eigenvalue weighted by Gasteiger charge is 2.14. The molecular formula is C18H11ClN4OS. The lowest BCUT2D eigenvalue weighted by Gasteiger charge is -2.00. The quantitative estimate of drug-likeness (QED) is 0.742. The maximum Gasteiger partial charge on any atom is 0.286 e. The Hall–Kier alpha value is -3.01. The van der Waals surface area contributed by atoms with Crippen LogP contribution in [-0.4, -0.2) is 16.1 Å². The molecular weight excluding hydrogens is 356 g/mol. The number of carbonyl (C=O) groups excluding carboxylic acids is 1. The molecule has 0 aliphatic heterocycles. The normalized spacial score (nSPS) is 11.0. The number of nitrogens with zero attached hydrogens (tertiary/aromatic N) is 3. The summed E-state index contributed by atoms with van der Waals surface area (Å²) in [6.45, 7) is 0. The highest BCUT2D eigenvalue weighted by atomic mass is 35.5. The van der Waals surface area contributed by atoms with E-state index in [2.05, 4.69) is 21.6 Å². The minimum Gasteiger partial charge on any atom is -0.320 e. The zero-order valence-corrected chi connectivity index (χ0v) is 14.4. The standard InChI is InChI=1S/C18H11ClN4OS/c19-15(10-12-5-4-6-13(9-12)11-20)17-22-23-18(25-17)16(24)21-14-7-2-1-3-8-14/h1-10H,(H,21,24)/b15-10-. The first-order chi connectivity index (χ1) is 12.2. The van der Waals surface area contributed by atoms with Crippen molar-refractivity contribution < 1.29 is 4.79 Å². The number of hydrogen-bond acceptors (Lipinski definition) is 5. The van der Waals surface area contributed by atoms with E-state index >= 15 is 0 Å². The first kappa shape index (κ1) is 16.8. The number of anilines is 1. The molecule has 0 unspecified atom stereocenters. The highest BCUT2D eigenvalue weighted by molar-refractivity contribution is 7.15. The number of rotatable bonds is 4. The lowest BCUT2D eigenvalue weighted by atomic mass is 10.1. The van der Waals surface area contributed by atoms with Crippen molar-refractivity contribution in [1.29, 1.82) is 5.26 Å². The van der Waals surface area contributed by atoms with Crippen molar-refractivity contribution in [2.45, 2.75) is 0 Å². The summed E-state index contributed by atoms with van der Waals surface area (Å²) in [6, 6.07) is 18.2. The third kappa shape index (κ3) is 4.29. The third-order valence-corrected chi connectivity index (χ3v) is 4.52. The molecule has 0 saturated carbocycles. The molecule has 1 heterocycles. The molecule has 3 rings (SSSR count). The Bertz CT molecular complexity index is 976. The second-order valence-electron chi connectivity index (χ2n) is 4.96. The van der Waals surface area contributed by atoms with Crippen LogP contribution in [0, 0.1) is 11.3 Å². The van der Waals surface area contributed by atoms with E-state index in [1.54, 1.807) is 36.4 Å². The van der Waals surface area contributed by atoms with Gasteiger partial charge in [0.25, 0.3) is 5.91 Å². The van der Waals surface area contributed by atoms with Crippen molar-refractivity contribution in [3.8, 4) is 6.07 Å². The van der Waals surface area contributed by atoms with Gasteiger partial charge in [0.2, 0.25) is 5.01 Å². The van der Waals surface area contributed by atoms with Crippen molar-refractivity contribution in [1.82, 2.24) is 10.2 Å². The highest BCUT2D eigenvalue weighted by Crippen LogP contribution is 2.26. The molecule has 0 aliphatic carbocycles. The minimum atomic E-state index is -0.342. The number of benzene rings is 2. The lowest BCUT2D eigenvalue weighted by Crippen LogP contribution is -2.11. The maximum atomic E-state index is 12.2. The van der Waals surface area contributed by atoms with Crippen LogP contribution in [0.2, 0.25) is 0 Å². The number of nitriles is 1. The fourth-order valence-electron chi connectivity index (χ4n) is 2.02. The molecule has 3 aromatic rings. The number of hydrogen-bond donors (Lipinski definition) is 1. The van der Waals surface area contributed by atoms with Gasteiger partial charge in [-0.15, -0.1) is 10.2 Å². The van der Waals surface area contributed by atoms with Gasteiger partial charge >= 0.3 is 0 Å². The SMILES string of the molecule is N#Cc1cccc(/C=C(\Cl)c2nnc(C(=O)Nc3ccccc3)s2)c1. The zero-order valence-electron chi connectivity index (χ0n) is 12.8. The van der Waals surface area contributed by atoms with Gasteiger partial charge in [-0.1, -0.05) is 53.3 Å². The van der Waals surface area contributed by atoms with Crippen LogP contribution in [0.4, 0.5) is 5.69 Å². The molecule has 5 nitrogen and oxygen atoms in total. The molecule has 0 radical (unpaired) electrons. The molecule has 0 aliphatic rings. The van der Waals surface area contributed by atoms with E-state index in [9.17, 15) is 4.79 Å². The van der Waals surface area contributed by atoms with E-state index in [1.807, 2.05) is 24.3 Å². The Kier molecular flexibility index (Phi) is 5.19. The van der Waals surface area contributed by atoms with Gasteiger partial charge in [-0.25, -0.2) is 0 Å². The van der Waals surface area contributed by atoms with Crippen molar-refractivity contribution >= 4 is 45.6 Å². The molecule has 0 spiro atoms. The van der Waals surface area contributed by atoms with E-state index in [-0.39, 0.29) is 10.9 Å². The molecule has 1 N–H and O–H groups in total. The Morgan fingerprint density at radius 2 is 1.88 bits per heavy atom. The van der Waals surface area contributed by atoms with Crippen LogP contribution in [0.1, 0.15) is 25.9 Å². The number of para-hydroxylation sites is 1. The van der Waals surface area contributed by atoms with E-state index in [4.69, 9.17) is 16.9 Å². The molecule has 0 bridgehead atoms. The predicted octanol–water partition coefficient (Wildman–Crippen LogP) is 4.40. The van der Waals surface area contributed by atoms with Crippen LogP contribution in [0.5, 0.6) is 0 Å². The van der Waals surface area contributed by atoms with Crippen LogP contribution < -0.4 is 5.32 Å². The number of carbonyl (C=O) groups is 1. The first-order valence-electron chi connectivity index (χ1n) is 7.23. The van der Waals surface area contributed by atoms with E-state index in [0.29, 0.717) is 21.3 Å². The Labute approximate surface area is 153 Å². The van der Waals surface area contributed by atoms with Crippen LogP contribution in [0.3, 0.4) is 0 Å². The average Bonchev–Trinajstić information content (AvgIpc) is 3.13. The fourth-order valence-corrected chi connectivity index (χ4v) is 2.95. The lowest BCUT2D eigenvalue weighted by molar-refractivity contribution is 0.102. The molecule has 7 heteroatoms. The topological polar surface area (TPSA) is 78.7 Å². The molecule has 2 aromatic carbocycles. The molecule has 1 amide bonds. The predicted molar refractivity (Wildman–Crippen MR) is 99.2 cm³/mol. The molecule has 0 atom stereocenters. The molecule has 25 heavy (non-hydrogen) atoms. The summed E-state index contributed by atoms with van der Waals surface area (Å²) in [7, 11) is 0. The molecule has 0 saturated heterocycles. The smallest absolute Gasteiger partial charge is 0.286 e. The fraction of sp³-hybridized carbons (Fsp3) is 0. The van der Waals surface area contributed by atoms with Crippen molar-refractivity contribution in [2.24, 2.45) is 0 Å². The number of aromatic nitrogens is 2. The second kappa shape index (κ2) is 7.71. The van der Waals surface area contributed by atoms with Crippen molar-refractivity contribution in [2.75, 3.05) is 5.32 Å². The molecule has 122 valence electrons. The summed E-state index contributed by atoms with van der Waals surface area (Å²) >= 11 is 7.37. The van der Waals surface area contributed by atoms with E-state index in [1.165, 1.54) is 0 Å². The monoisotopic (exact) mass is 366 g/mol. The minimum absolute atomic E-state index is 0.219.